The summed E-state index contributed by atoms with van der Waals surface area (Å²) in [5.74, 6) is -1.31. The number of carbonyl (C=O) groups excluding carboxylic acids is 3. The summed E-state index contributed by atoms with van der Waals surface area (Å²) in [7, 11) is 1.74. The third-order valence-electron chi connectivity index (χ3n) is 6.29. The summed E-state index contributed by atoms with van der Waals surface area (Å²) in [6.07, 6.45) is -1.85. The maximum absolute atomic E-state index is 12.8. The smallest absolute Gasteiger partial charge is 0.448 e. The zero-order valence-electron chi connectivity index (χ0n) is 20.3. The van der Waals surface area contributed by atoms with Gasteiger partial charge in [0.2, 0.25) is 11.8 Å². The normalized spacial score (nSPS) is 18.7. The van der Waals surface area contributed by atoms with E-state index < -0.39 is 30.1 Å². The van der Waals surface area contributed by atoms with Gasteiger partial charge in [0.1, 0.15) is 6.04 Å². The molecule has 2 heterocycles. The molecule has 2 aromatic rings. The number of hydrogen-bond donors (Lipinski definition) is 4. The quantitative estimate of drug-likeness (QED) is 0.424. The van der Waals surface area contributed by atoms with Gasteiger partial charge >= 0.3 is 6.16 Å². The summed E-state index contributed by atoms with van der Waals surface area (Å²) in [6, 6.07) is 12.3. The van der Waals surface area contributed by atoms with E-state index in [0.29, 0.717) is 6.42 Å². The standard InChI is InChI=1S/C25H29N5O7/c1-29-20-12-17(7-8-18(20)27-13-22(29)31)16-5-3-15(4-6-16)11-19(23(26)32)28-24(33)21-14-30(37-25(34)35)9-2-10-36-21/h3-8,12,19,21,27H,2,9-11,13-14H2,1H3,(H2,26,32)(H,28,33)(H,34,35)/t19-,21-/m0/s1. The van der Waals surface area contributed by atoms with E-state index in [1.165, 1.54) is 0 Å². The van der Waals surface area contributed by atoms with Crippen molar-refractivity contribution in [3.8, 4) is 11.1 Å². The molecule has 5 N–H and O–H groups in total. The van der Waals surface area contributed by atoms with E-state index in [0.717, 1.165) is 33.1 Å². The van der Waals surface area contributed by atoms with Crippen molar-refractivity contribution in [3.05, 3.63) is 48.0 Å². The minimum Gasteiger partial charge on any atom is -0.448 e. The minimum absolute atomic E-state index is 0.0177. The maximum Gasteiger partial charge on any atom is 0.525 e. The summed E-state index contributed by atoms with van der Waals surface area (Å²) in [5.41, 5.74) is 9.85. The second kappa shape index (κ2) is 11.3. The second-order valence-corrected chi connectivity index (χ2v) is 8.86. The highest BCUT2D eigenvalue weighted by Crippen LogP contribution is 2.33. The number of nitrogens with one attached hydrogen (secondary N) is 2. The van der Waals surface area contributed by atoms with Crippen LogP contribution >= 0.6 is 0 Å². The molecule has 12 heteroatoms. The topological polar surface area (TPSA) is 164 Å². The Morgan fingerprint density at radius 3 is 2.65 bits per heavy atom. The molecule has 2 aromatic carbocycles. The van der Waals surface area contributed by atoms with Gasteiger partial charge in [0.25, 0.3) is 5.91 Å². The Bertz CT molecular complexity index is 1190. The molecule has 1 saturated heterocycles. The van der Waals surface area contributed by atoms with Crippen LogP contribution < -0.4 is 21.3 Å². The second-order valence-electron chi connectivity index (χ2n) is 8.86. The summed E-state index contributed by atoms with van der Waals surface area (Å²) in [4.78, 5) is 54.0. The molecule has 3 amide bonds. The lowest BCUT2D eigenvalue weighted by molar-refractivity contribution is -0.148. The minimum atomic E-state index is -1.48. The van der Waals surface area contributed by atoms with Crippen LogP contribution in [-0.2, 0) is 30.4 Å². The molecule has 2 atom stereocenters. The number of hydroxylamine groups is 2. The largest absolute Gasteiger partial charge is 0.525 e. The number of carboxylic acid groups (broad SMARTS) is 1. The van der Waals surface area contributed by atoms with Crippen LogP contribution in [0.1, 0.15) is 12.0 Å². The lowest BCUT2D eigenvalue weighted by Gasteiger charge is -2.27. The predicted octanol–water partition coefficient (Wildman–Crippen LogP) is 0.955. The molecular formula is C25H29N5O7. The Balaban J connectivity index is 1.42. The first-order valence-electron chi connectivity index (χ1n) is 11.8. The number of primary amides is 1. The zero-order valence-corrected chi connectivity index (χ0v) is 20.3. The maximum atomic E-state index is 12.8. The van der Waals surface area contributed by atoms with E-state index >= 15 is 0 Å². The van der Waals surface area contributed by atoms with Gasteiger partial charge in [0, 0.05) is 26.6 Å². The Morgan fingerprint density at radius 1 is 1.22 bits per heavy atom. The lowest BCUT2D eigenvalue weighted by Crippen LogP contribution is -2.51. The van der Waals surface area contributed by atoms with Crippen molar-refractivity contribution in [1.82, 2.24) is 10.4 Å². The van der Waals surface area contributed by atoms with E-state index in [1.54, 1.807) is 11.9 Å². The lowest BCUT2D eigenvalue weighted by atomic mass is 9.99. The molecule has 2 aliphatic rings. The number of anilines is 2. The summed E-state index contributed by atoms with van der Waals surface area (Å²) in [5, 5.41) is 15.7. The molecule has 1 fully saturated rings. The van der Waals surface area contributed by atoms with Gasteiger partial charge in [0.05, 0.1) is 24.5 Å². The van der Waals surface area contributed by atoms with Gasteiger partial charge in [-0.25, -0.2) is 4.79 Å². The fraction of sp³-hybridized carbons (Fsp3) is 0.360. The van der Waals surface area contributed by atoms with E-state index in [1.807, 2.05) is 42.5 Å². The molecule has 0 aliphatic carbocycles. The van der Waals surface area contributed by atoms with E-state index in [2.05, 4.69) is 15.5 Å². The van der Waals surface area contributed by atoms with E-state index in [4.69, 9.17) is 15.6 Å². The number of nitrogens with two attached hydrogens (primary N) is 1. The van der Waals surface area contributed by atoms with E-state index in [-0.39, 0.29) is 38.6 Å². The molecule has 12 nitrogen and oxygen atoms in total. The zero-order chi connectivity index (χ0) is 26.5. The number of hydrogen-bond acceptors (Lipinski definition) is 8. The average molecular weight is 512 g/mol. The monoisotopic (exact) mass is 511 g/mol. The highest BCUT2D eigenvalue weighted by Gasteiger charge is 2.30. The predicted molar refractivity (Wildman–Crippen MR) is 134 cm³/mol. The highest BCUT2D eigenvalue weighted by atomic mass is 16.8. The van der Waals surface area contributed by atoms with Crippen LogP contribution in [0.3, 0.4) is 0 Å². The van der Waals surface area contributed by atoms with Crippen LogP contribution in [0.5, 0.6) is 0 Å². The first-order valence-corrected chi connectivity index (χ1v) is 11.8. The van der Waals surface area contributed by atoms with Gasteiger partial charge in [-0.05, 0) is 35.2 Å². The SMILES string of the molecule is CN1C(=O)CNc2ccc(-c3ccc(C[C@H](NC(=O)[C@@H]4CN(OC(=O)O)CCCO4)C(N)=O)cc3)cc21. The van der Waals surface area contributed by atoms with Gasteiger partial charge in [-0.15, -0.1) is 5.06 Å². The van der Waals surface area contributed by atoms with Crippen LogP contribution in [0.2, 0.25) is 0 Å². The number of likely N-dealkylation sites (N-methyl/N-ethyl adjacent to an activating group) is 1. The molecule has 196 valence electrons. The van der Waals surface area contributed by atoms with Gasteiger partial charge in [-0.1, -0.05) is 30.3 Å². The van der Waals surface area contributed by atoms with Crippen molar-refractivity contribution in [2.24, 2.45) is 5.73 Å². The average Bonchev–Trinajstić information content (AvgIpc) is 3.11. The number of fused-ring (bicyclic) bond motifs is 1. The van der Waals surface area contributed by atoms with Crippen LogP contribution in [-0.4, -0.2) is 79.5 Å². The Morgan fingerprint density at radius 2 is 1.95 bits per heavy atom. The number of nitrogens with zero attached hydrogens (tertiary/aromatic N) is 2. The summed E-state index contributed by atoms with van der Waals surface area (Å²) in [6.45, 7) is 0.684. The number of ether oxygens (including phenoxy) is 1. The number of benzene rings is 2. The van der Waals surface area contributed by atoms with Crippen molar-refractivity contribution in [1.29, 1.82) is 0 Å². The van der Waals surface area contributed by atoms with E-state index in [9.17, 15) is 19.2 Å². The van der Waals surface area contributed by atoms with Gasteiger partial charge in [-0.3, -0.25) is 14.4 Å². The first kappa shape index (κ1) is 25.9. The molecular weight excluding hydrogens is 482 g/mol. The summed E-state index contributed by atoms with van der Waals surface area (Å²) >= 11 is 0. The highest BCUT2D eigenvalue weighted by molar-refractivity contribution is 6.03. The van der Waals surface area contributed by atoms with Crippen LogP contribution in [0.4, 0.5) is 16.2 Å². The van der Waals surface area contributed by atoms with Crippen molar-refractivity contribution in [2.75, 3.05) is 43.5 Å². The molecule has 2 aliphatic heterocycles. The van der Waals surface area contributed by atoms with Gasteiger partial charge in [0.15, 0.2) is 6.10 Å². The third-order valence-corrected chi connectivity index (χ3v) is 6.29. The summed E-state index contributed by atoms with van der Waals surface area (Å²) < 4.78 is 5.52. The van der Waals surface area contributed by atoms with Crippen molar-refractivity contribution in [2.45, 2.75) is 25.0 Å². The fourth-order valence-electron chi connectivity index (χ4n) is 4.27. The molecule has 0 aromatic heterocycles. The molecule has 0 bridgehead atoms. The molecule has 37 heavy (non-hydrogen) atoms. The number of amides is 3. The number of rotatable bonds is 7. The van der Waals surface area contributed by atoms with Crippen molar-refractivity contribution >= 4 is 35.3 Å². The van der Waals surface area contributed by atoms with Gasteiger partial charge in [-0.2, -0.15) is 0 Å². The van der Waals surface area contributed by atoms with Crippen LogP contribution in [0.25, 0.3) is 11.1 Å². The van der Waals surface area contributed by atoms with Crippen molar-refractivity contribution < 1.29 is 33.9 Å². The first-order chi connectivity index (χ1) is 17.7. The molecule has 4 rings (SSSR count). The fourth-order valence-corrected chi connectivity index (χ4v) is 4.27. The third kappa shape index (κ3) is 6.35. The Hall–Kier alpha value is -4.16. The molecule has 0 unspecified atom stereocenters. The molecule has 0 radical (unpaired) electrons. The van der Waals surface area contributed by atoms with Gasteiger partial charge < -0.3 is 35.9 Å². The molecule has 0 saturated carbocycles. The van der Waals surface area contributed by atoms with Crippen LogP contribution in [0, 0.1) is 0 Å². The Labute approximate surface area is 213 Å². The van der Waals surface area contributed by atoms with Crippen molar-refractivity contribution in [3.63, 3.8) is 0 Å². The molecule has 0 spiro atoms. The Kier molecular flexibility index (Phi) is 7.89. The number of carbonyl (C=O) groups is 4. The van der Waals surface area contributed by atoms with Crippen LogP contribution in [0.15, 0.2) is 42.5 Å².